The average molecular weight is 314 g/mol. The molecule has 0 saturated heterocycles. The van der Waals surface area contributed by atoms with Crippen LogP contribution in [-0.4, -0.2) is 12.6 Å². The van der Waals surface area contributed by atoms with Gasteiger partial charge in [-0.25, -0.2) is 0 Å². The highest BCUT2D eigenvalue weighted by Gasteiger charge is 2.31. The summed E-state index contributed by atoms with van der Waals surface area (Å²) in [5.41, 5.74) is -1.69. The number of rotatable bonds is 4. The molecule has 6 heteroatoms. The maximum absolute atomic E-state index is 12.1. The van der Waals surface area contributed by atoms with Crippen molar-refractivity contribution in [3.63, 3.8) is 0 Å². The second-order valence-corrected chi connectivity index (χ2v) is 5.11. The molecule has 112 valence electrons. The number of hydrogen-bond donors (Lipinski definition) is 0. The van der Waals surface area contributed by atoms with Gasteiger partial charge in [-0.05, 0) is 47.9 Å². The van der Waals surface area contributed by atoms with Crippen LogP contribution < -0.4 is 8.92 Å². The number of halogens is 3. The highest BCUT2D eigenvalue weighted by Crippen LogP contribution is 2.34. The Morgan fingerprint density at radius 2 is 1.57 bits per heavy atom. The van der Waals surface area contributed by atoms with Gasteiger partial charge in [-0.1, -0.05) is 18.2 Å². The van der Waals surface area contributed by atoms with Gasteiger partial charge in [0.2, 0.25) is 0 Å². The lowest BCUT2D eigenvalue weighted by molar-refractivity contribution is -0.0369. The molecule has 0 aliphatic rings. The number of benzene rings is 2. The van der Waals surface area contributed by atoms with Crippen molar-refractivity contribution in [2.24, 2.45) is 0 Å². The van der Waals surface area contributed by atoms with Crippen molar-refractivity contribution in [3.8, 4) is 22.6 Å². The summed E-state index contributed by atoms with van der Waals surface area (Å²) in [7, 11) is 1.59. The Balaban J connectivity index is 2.18. The first kappa shape index (κ1) is 15.6. The number of methoxy groups -OCH3 is 1. The van der Waals surface area contributed by atoms with E-state index in [4.69, 9.17) is 4.74 Å². The van der Waals surface area contributed by atoms with Crippen molar-refractivity contribution in [3.05, 3.63) is 48.0 Å². The molecule has 0 radical (unpaired) electrons. The van der Waals surface area contributed by atoms with Crippen LogP contribution in [-0.2, 0) is 0 Å². The smallest absolute Gasteiger partial charge is 0.479 e. The van der Waals surface area contributed by atoms with E-state index < -0.39 is 17.6 Å². The van der Waals surface area contributed by atoms with E-state index in [0.29, 0.717) is 0 Å². The molecule has 0 spiro atoms. The minimum atomic E-state index is -4.41. The molecule has 0 saturated carbocycles. The van der Waals surface area contributed by atoms with E-state index in [-0.39, 0.29) is 5.75 Å². The van der Waals surface area contributed by atoms with Crippen molar-refractivity contribution in [2.75, 3.05) is 7.11 Å². The first-order valence-corrected chi connectivity index (χ1v) is 6.81. The molecule has 0 bridgehead atoms. The van der Waals surface area contributed by atoms with E-state index in [1.807, 2.05) is 31.2 Å². The number of ether oxygens (including phenoxy) is 1. The van der Waals surface area contributed by atoms with Crippen molar-refractivity contribution >= 4 is 12.0 Å². The Morgan fingerprint density at radius 1 is 0.952 bits per heavy atom. The van der Waals surface area contributed by atoms with Gasteiger partial charge in [0.25, 0.3) is 0 Å². The lowest BCUT2D eigenvalue weighted by Gasteiger charge is -2.10. The van der Waals surface area contributed by atoms with Gasteiger partial charge in [-0.15, -0.1) is 0 Å². The summed E-state index contributed by atoms with van der Waals surface area (Å²) in [5.74, 6) is 0.921. The van der Waals surface area contributed by atoms with Gasteiger partial charge in [0.05, 0.1) is 7.11 Å². The standard InChI is InChI=1S/C15H13F3O2S/c1-10-9-13(20-21-15(16,17)18)7-8-14(10)11-3-5-12(19-2)6-4-11/h3-9H,1-2H3. The normalized spacial score (nSPS) is 11.3. The monoisotopic (exact) mass is 314 g/mol. The van der Waals surface area contributed by atoms with Crippen molar-refractivity contribution in [1.82, 2.24) is 0 Å². The Hall–Kier alpha value is -1.82. The predicted octanol–water partition coefficient (Wildman–Crippen LogP) is 5.22. The SMILES string of the molecule is COc1ccc(-c2ccc(OSC(F)(F)F)cc2C)cc1. The van der Waals surface area contributed by atoms with E-state index in [1.54, 1.807) is 19.2 Å². The topological polar surface area (TPSA) is 18.5 Å². The summed E-state index contributed by atoms with van der Waals surface area (Å²) >= 11 is -0.515. The van der Waals surface area contributed by atoms with Crippen LogP contribution in [0.1, 0.15) is 5.56 Å². The summed E-state index contributed by atoms with van der Waals surface area (Å²) < 4.78 is 46.0. The van der Waals surface area contributed by atoms with Crippen LogP contribution in [0.2, 0.25) is 0 Å². The predicted molar refractivity (Wildman–Crippen MR) is 77.4 cm³/mol. The molecule has 0 fully saturated rings. The zero-order valence-electron chi connectivity index (χ0n) is 11.4. The quantitative estimate of drug-likeness (QED) is 0.721. The van der Waals surface area contributed by atoms with Crippen LogP contribution >= 0.6 is 12.0 Å². The third kappa shape index (κ3) is 4.32. The molecular formula is C15H13F3O2S. The fourth-order valence-electron chi connectivity index (χ4n) is 1.88. The summed E-state index contributed by atoms with van der Waals surface area (Å²) in [6, 6.07) is 12.3. The molecule has 0 atom stereocenters. The number of hydrogen-bond acceptors (Lipinski definition) is 3. The Morgan fingerprint density at radius 3 is 2.10 bits per heavy atom. The third-order valence-corrected chi connectivity index (χ3v) is 3.30. The second kappa shape index (κ2) is 6.30. The highest BCUT2D eigenvalue weighted by atomic mass is 32.2. The zero-order chi connectivity index (χ0) is 15.5. The Labute approximate surface area is 125 Å². The van der Waals surface area contributed by atoms with E-state index in [0.717, 1.165) is 22.4 Å². The molecule has 0 unspecified atom stereocenters. The van der Waals surface area contributed by atoms with E-state index in [9.17, 15) is 13.2 Å². The molecule has 2 aromatic carbocycles. The molecule has 2 aromatic rings. The van der Waals surface area contributed by atoms with Gasteiger partial charge in [-0.3, -0.25) is 0 Å². The maximum atomic E-state index is 12.1. The van der Waals surface area contributed by atoms with E-state index in [2.05, 4.69) is 4.18 Å². The van der Waals surface area contributed by atoms with Crippen molar-refractivity contribution in [2.45, 2.75) is 12.4 Å². The highest BCUT2D eigenvalue weighted by molar-refractivity contribution is 7.95. The van der Waals surface area contributed by atoms with Crippen LogP contribution in [0.25, 0.3) is 11.1 Å². The fraction of sp³-hybridized carbons (Fsp3) is 0.200. The van der Waals surface area contributed by atoms with Crippen molar-refractivity contribution < 1.29 is 22.1 Å². The van der Waals surface area contributed by atoms with Gasteiger partial charge in [-0.2, -0.15) is 13.2 Å². The molecule has 0 amide bonds. The van der Waals surface area contributed by atoms with E-state index in [1.165, 1.54) is 6.07 Å². The molecule has 0 aliphatic heterocycles. The maximum Gasteiger partial charge on any atom is 0.479 e. The van der Waals surface area contributed by atoms with E-state index >= 15 is 0 Å². The summed E-state index contributed by atoms with van der Waals surface area (Å²) in [5, 5.41) is 0. The van der Waals surface area contributed by atoms with Crippen molar-refractivity contribution in [1.29, 1.82) is 0 Å². The summed E-state index contributed by atoms with van der Waals surface area (Å²) in [6.45, 7) is 1.82. The molecule has 0 N–H and O–H groups in total. The molecule has 21 heavy (non-hydrogen) atoms. The molecule has 0 aromatic heterocycles. The van der Waals surface area contributed by atoms with Gasteiger partial charge in [0, 0.05) is 0 Å². The van der Waals surface area contributed by atoms with Crippen LogP contribution in [0.15, 0.2) is 42.5 Å². The van der Waals surface area contributed by atoms with Crippen LogP contribution in [0, 0.1) is 6.92 Å². The molecule has 2 rings (SSSR count). The molecule has 0 heterocycles. The summed E-state index contributed by atoms with van der Waals surface area (Å²) in [4.78, 5) is 0. The second-order valence-electron chi connectivity index (χ2n) is 4.32. The molecule has 2 nitrogen and oxygen atoms in total. The van der Waals surface area contributed by atoms with Crippen LogP contribution in [0.3, 0.4) is 0 Å². The number of aryl methyl sites for hydroxylation is 1. The van der Waals surface area contributed by atoms with Crippen LogP contribution in [0.4, 0.5) is 13.2 Å². The average Bonchev–Trinajstić information content (AvgIpc) is 2.45. The van der Waals surface area contributed by atoms with Gasteiger partial charge in [0.15, 0.2) is 12.0 Å². The van der Waals surface area contributed by atoms with Gasteiger partial charge in [0.1, 0.15) is 11.5 Å². The lowest BCUT2D eigenvalue weighted by Crippen LogP contribution is -2.02. The third-order valence-electron chi connectivity index (χ3n) is 2.83. The Kier molecular flexibility index (Phi) is 4.67. The molecule has 0 aliphatic carbocycles. The van der Waals surface area contributed by atoms with Crippen LogP contribution in [0.5, 0.6) is 11.5 Å². The van der Waals surface area contributed by atoms with Gasteiger partial charge < -0.3 is 8.92 Å². The first-order chi connectivity index (χ1) is 9.89. The Bertz CT molecular complexity index is 609. The fourth-order valence-corrected chi connectivity index (χ4v) is 2.17. The largest absolute Gasteiger partial charge is 0.497 e. The minimum Gasteiger partial charge on any atom is -0.497 e. The lowest BCUT2D eigenvalue weighted by atomic mass is 10.0. The first-order valence-electron chi connectivity index (χ1n) is 6.06. The minimum absolute atomic E-state index is 0.173. The zero-order valence-corrected chi connectivity index (χ0v) is 12.2. The summed E-state index contributed by atoms with van der Waals surface area (Å²) in [6.07, 6.45) is 0. The van der Waals surface area contributed by atoms with Gasteiger partial charge >= 0.3 is 5.51 Å². The molecular weight excluding hydrogens is 301 g/mol. The number of alkyl halides is 3.